The number of hydrogen-bond donors (Lipinski definition) is 1. The molecular weight excluding hydrogens is 432 g/mol. The highest BCUT2D eigenvalue weighted by Crippen LogP contribution is 2.23. The zero-order chi connectivity index (χ0) is 20.2. The lowest BCUT2D eigenvalue weighted by Crippen LogP contribution is -2.32. The smallest absolute Gasteiger partial charge is 0.265 e. The Labute approximate surface area is 168 Å². The van der Waals surface area contributed by atoms with E-state index in [2.05, 4.69) is 21.2 Å². The van der Waals surface area contributed by atoms with Gasteiger partial charge < -0.3 is 10.1 Å². The van der Waals surface area contributed by atoms with Crippen molar-refractivity contribution in [1.29, 1.82) is 0 Å². The van der Waals surface area contributed by atoms with E-state index in [1.165, 1.54) is 11.4 Å². The van der Waals surface area contributed by atoms with E-state index in [0.29, 0.717) is 23.5 Å². The van der Waals surface area contributed by atoms with Gasteiger partial charge in [0.1, 0.15) is 5.75 Å². The molecule has 0 spiro atoms. The number of ether oxygens (including phenoxy) is 1. The van der Waals surface area contributed by atoms with E-state index < -0.39 is 16.1 Å². The molecule has 0 aliphatic rings. The highest BCUT2D eigenvalue weighted by Gasteiger charge is 2.19. The summed E-state index contributed by atoms with van der Waals surface area (Å²) >= 11 is 3.43. The Hall–Kier alpha value is -2.06. The first kappa shape index (κ1) is 21.2. The Morgan fingerprint density at radius 3 is 2.37 bits per heavy atom. The van der Waals surface area contributed by atoms with Gasteiger partial charge in [-0.1, -0.05) is 22.9 Å². The van der Waals surface area contributed by atoms with Crippen molar-refractivity contribution in [2.24, 2.45) is 0 Å². The summed E-state index contributed by atoms with van der Waals surface area (Å²) in [5, 5.41) is 2.86. The predicted octanol–water partition coefficient (Wildman–Crippen LogP) is 3.95. The van der Waals surface area contributed by atoms with Crippen LogP contribution in [-0.2, 0) is 14.8 Å². The highest BCUT2D eigenvalue weighted by atomic mass is 79.9. The van der Waals surface area contributed by atoms with Crippen molar-refractivity contribution in [3.63, 3.8) is 0 Å². The van der Waals surface area contributed by atoms with Gasteiger partial charge in [-0.3, -0.25) is 9.10 Å². The average molecular weight is 455 g/mol. The van der Waals surface area contributed by atoms with Crippen molar-refractivity contribution in [2.45, 2.75) is 26.4 Å². The molecule has 1 N–H and O–H groups in total. The third kappa shape index (κ3) is 5.71. The zero-order valence-corrected chi connectivity index (χ0v) is 18.1. The van der Waals surface area contributed by atoms with E-state index in [4.69, 9.17) is 4.74 Å². The number of anilines is 2. The van der Waals surface area contributed by atoms with Crippen molar-refractivity contribution in [1.82, 2.24) is 0 Å². The quantitative estimate of drug-likeness (QED) is 0.686. The average Bonchev–Trinajstić information content (AvgIpc) is 2.61. The lowest BCUT2D eigenvalue weighted by Gasteiger charge is -2.19. The molecule has 6 nitrogen and oxygen atoms in total. The molecule has 0 aliphatic carbocycles. The summed E-state index contributed by atoms with van der Waals surface area (Å²) in [6.07, 6.45) is 0.970. The molecule has 27 heavy (non-hydrogen) atoms. The first-order valence-corrected chi connectivity index (χ1v) is 11.0. The Morgan fingerprint density at radius 1 is 1.22 bits per heavy atom. The van der Waals surface area contributed by atoms with Crippen LogP contribution in [0, 0.1) is 6.92 Å². The van der Waals surface area contributed by atoms with Crippen LogP contribution < -0.4 is 14.4 Å². The first-order chi connectivity index (χ1) is 12.6. The van der Waals surface area contributed by atoms with Crippen LogP contribution in [0.3, 0.4) is 0 Å². The number of sulfonamides is 1. The number of nitrogens with zero attached hydrogens (tertiary/aromatic N) is 1. The topological polar surface area (TPSA) is 75.7 Å². The predicted molar refractivity (Wildman–Crippen MR) is 112 cm³/mol. The molecule has 0 heterocycles. The fourth-order valence-electron chi connectivity index (χ4n) is 2.36. The molecule has 0 aliphatic heterocycles. The normalized spacial score (nSPS) is 12.3. The summed E-state index contributed by atoms with van der Waals surface area (Å²) in [5.41, 5.74) is 2.24. The van der Waals surface area contributed by atoms with Crippen LogP contribution >= 0.6 is 15.9 Å². The van der Waals surface area contributed by atoms with Crippen molar-refractivity contribution in [2.75, 3.05) is 22.9 Å². The minimum atomic E-state index is -3.33. The largest absolute Gasteiger partial charge is 0.481 e. The van der Waals surface area contributed by atoms with Gasteiger partial charge in [0, 0.05) is 17.2 Å². The van der Waals surface area contributed by atoms with E-state index >= 15 is 0 Å². The second kappa shape index (κ2) is 8.75. The molecule has 0 saturated carbocycles. The van der Waals surface area contributed by atoms with Crippen LogP contribution in [0.25, 0.3) is 0 Å². The molecule has 0 saturated heterocycles. The van der Waals surface area contributed by atoms with Crippen molar-refractivity contribution < 1.29 is 17.9 Å². The minimum Gasteiger partial charge on any atom is -0.481 e. The fraction of sp³-hybridized carbons (Fsp3) is 0.316. The maximum Gasteiger partial charge on any atom is 0.265 e. The molecule has 0 bridgehead atoms. The monoisotopic (exact) mass is 454 g/mol. The standard InChI is InChI=1S/C19H23BrN2O4S/c1-5-18(19(23)21-14-6-11-17(20)13(2)12-14)26-16-9-7-15(8-10-16)22(3)27(4,24)25/h6-12,18H,5H2,1-4H3,(H,21,23)/t18-/m1/s1. The van der Waals surface area contributed by atoms with Crippen LogP contribution in [0.4, 0.5) is 11.4 Å². The second-order valence-corrected chi connectivity index (χ2v) is 9.06. The summed E-state index contributed by atoms with van der Waals surface area (Å²) in [7, 11) is -1.85. The van der Waals surface area contributed by atoms with Crippen molar-refractivity contribution in [3.05, 3.63) is 52.5 Å². The maximum atomic E-state index is 12.5. The molecule has 2 rings (SSSR count). The molecule has 2 aromatic carbocycles. The molecule has 146 valence electrons. The number of aryl methyl sites for hydroxylation is 1. The number of nitrogens with one attached hydrogen (secondary N) is 1. The van der Waals surface area contributed by atoms with Gasteiger partial charge >= 0.3 is 0 Å². The summed E-state index contributed by atoms with van der Waals surface area (Å²) in [6.45, 7) is 3.81. The summed E-state index contributed by atoms with van der Waals surface area (Å²) in [5.74, 6) is 0.256. The van der Waals surface area contributed by atoms with E-state index in [0.717, 1.165) is 16.3 Å². The molecule has 0 aromatic heterocycles. The van der Waals surface area contributed by atoms with Gasteiger partial charge in [0.15, 0.2) is 6.10 Å². The van der Waals surface area contributed by atoms with Crippen LogP contribution in [0.2, 0.25) is 0 Å². The van der Waals surface area contributed by atoms with E-state index in [9.17, 15) is 13.2 Å². The lowest BCUT2D eigenvalue weighted by atomic mass is 10.2. The minimum absolute atomic E-state index is 0.239. The fourth-order valence-corrected chi connectivity index (χ4v) is 3.11. The Kier molecular flexibility index (Phi) is 6.89. The van der Waals surface area contributed by atoms with Gasteiger partial charge in [-0.2, -0.15) is 0 Å². The van der Waals surface area contributed by atoms with Gasteiger partial charge in [0.05, 0.1) is 11.9 Å². The van der Waals surface area contributed by atoms with Crippen LogP contribution in [0.5, 0.6) is 5.75 Å². The lowest BCUT2D eigenvalue weighted by molar-refractivity contribution is -0.122. The second-order valence-electron chi connectivity index (χ2n) is 6.19. The number of rotatable bonds is 7. The first-order valence-electron chi connectivity index (χ1n) is 8.39. The molecular formula is C19H23BrN2O4S. The Morgan fingerprint density at radius 2 is 1.85 bits per heavy atom. The molecule has 0 unspecified atom stereocenters. The molecule has 0 fully saturated rings. The summed E-state index contributed by atoms with van der Waals surface area (Å²) in [6, 6.07) is 12.2. The van der Waals surface area contributed by atoms with Gasteiger partial charge in [0.25, 0.3) is 5.91 Å². The maximum absolute atomic E-state index is 12.5. The van der Waals surface area contributed by atoms with Crippen LogP contribution in [0.15, 0.2) is 46.9 Å². The van der Waals surface area contributed by atoms with Gasteiger partial charge in [-0.25, -0.2) is 8.42 Å². The highest BCUT2D eigenvalue weighted by molar-refractivity contribution is 9.10. The number of hydrogen-bond acceptors (Lipinski definition) is 4. The number of carbonyl (C=O) groups is 1. The van der Waals surface area contributed by atoms with E-state index in [1.807, 2.05) is 32.0 Å². The molecule has 0 radical (unpaired) electrons. The van der Waals surface area contributed by atoms with Crippen LogP contribution in [-0.4, -0.2) is 33.7 Å². The Balaban J connectivity index is 2.07. The Bertz CT molecular complexity index is 914. The van der Waals surface area contributed by atoms with E-state index in [1.54, 1.807) is 24.3 Å². The number of halogens is 1. The SMILES string of the molecule is CC[C@@H](Oc1ccc(N(C)S(C)(=O)=O)cc1)C(=O)Nc1ccc(Br)c(C)c1. The number of benzene rings is 2. The number of carbonyl (C=O) groups excluding carboxylic acids is 1. The van der Waals surface area contributed by atoms with Gasteiger partial charge in [-0.05, 0) is 61.4 Å². The van der Waals surface area contributed by atoms with E-state index in [-0.39, 0.29) is 5.91 Å². The third-order valence-corrected chi connectivity index (χ3v) is 6.16. The van der Waals surface area contributed by atoms with Crippen LogP contribution in [0.1, 0.15) is 18.9 Å². The number of amides is 1. The molecule has 2 aromatic rings. The van der Waals surface area contributed by atoms with Gasteiger partial charge in [0.2, 0.25) is 10.0 Å². The van der Waals surface area contributed by atoms with Crippen molar-refractivity contribution >= 4 is 43.2 Å². The summed E-state index contributed by atoms with van der Waals surface area (Å²) in [4.78, 5) is 12.5. The zero-order valence-electron chi connectivity index (χ0n) is 15.7. The van der Waals surface area contributed by atoms with Crippen molar-refractivity contribution in [3.8, 4) is 5.75 Å². The molecule has 8 heteroatoms. The molecule has 1 atom stereocenters. The summed E-state index contributed by atoms with van der Waals surface area (Å²) < 4.78 is 31.1. The third-order valence-electron chi connectivity index (χ3n) is 4.06. The molecule has 1 amide bonds. The van der Waals surface area contributed by atoms with Gasteiger partial charge in [-0.15, -0.1) is 0 Å².